The molecule has 34 nitrogen and oxygen atoms in total. The first kappa shape index (κ1) is 101. The van der Waals surface area contributed by atoms with Gasteiger partial charge < -0.3 is 77.4 Å². The quantitative estimate of drug-likeness (QED) is 0.00900. The van der Waals surface area contributed by atoms with E-state index >= 15 is 0 Å². The van der Waals surface area contributed by atoms with Crippen LogP contribution in [0, 0.1) is 135 Å². The Kier molecular flexibility index (Phi) is 26.3. The third-order valence-electron chi connectivity index (χ3n) is 30.7. The van der Waals surface area contributed by atoms with Crippen LogP contribution in [0.25, 0.3) is 11.2 Å². The number of hydrogen-bond acceptors (Lipinski definition) is 22. The minimum Gasteiger partial charge on any atom is -0.478 e. The highest BCUT2D eigenvalue weighted by Gasteiger charge is 2.57. The van der Waals surface area contributed by atoms with Gasteiger partial charge in [-0.05, 0) is 288 Å². The number of rotatable bonds is 20. The number of esters is 4. The number of carbonyl (C=O) groups excluding carboxylic acids is 11. The number of carboxylic acid groups (broad SMARTS) is 2. The minimum absolute atomic E-state index is 0.0367. The second-order valence-electron chi connectivity index (χ2n) is 39.7. The van der Waals surface area contributed by atoms with Crippen LogP contribution in [0.15, 0.2) is 91.1 Å². The Bertz CT molecular complexity index is 8040. The first-order valence-electron chi connectivity index (χ1n) is 48.6. The van der Waals surface area contributed by atoms with E-state index in [1.807, 2.05) is 18.3 Å². The molecule has 0 unspecified atom stereocenters. The molecule has 6 aliphatic carbocycles. The lowest BCUT2D eigenvalue weighted by Gasteiger charge is -2.10. The van der Waals surface area contributed by atoms with Gasteiger partial charge in [0.2, 0.25) is 11.4 Å². The molecule has 8 aromatic heterocycles. The van der Waals surface area contributed by atoms with Crippen molar-refractivity contribution in [1.82, 2.24) is 47.5 Å². The van der Waals surface area contributed by atoms with Crippen molar-refractivity contribution in [1.29, 1.82) is 5.26 Å². The number of hydrogen-bond donors (Lipinski definition) is 5. The van der Waals surface area contributed by atoms with Crippen LogP contribution in [0.2, 0.25) is 0 Å². The van der Waals surface area contributed by atoms with Crippen molar-refractivity contribution in [2.75, 3.05) is 55.9 Å². The molecule has 150 heavy (non-hydrogen) atoms. The van der Waals surface area contributed by atoms with E-state index in [-0.39, 0.29) is 92.7 Å². The molecular weight excluding hydrogens is 1990 g/mol. The molecule has 0 radical (unpaired) electrons. The number of amides is 3. The first-order chi connectivity index (χ1) is 71.7. The van der Waals surface area contributed by atoms with E-state index in [1.54, 1.807) is 69.0 Å². The molecule has 43 heteroatoms. The number of methoxy groups -OCH3 is 4. The summed E-state index contributed by atoms with van der Waals surface area (Å²) < 4.78 is 136. The molecule has 0 bridgehead atoms. The number of Topliss-reactive ketones (excluding diaryl/α,β-unsaturated/α-hetero) is 3. The van der Waals surface area contributed by atoms with Gasteiger partial charge in [-0.1, -0.05) is 6.07 Å². The summed E-state index contributed by atoms with van der Waals surface area (Å²) in [5.41, 5.74) is 13.7. The number of halogens is 8. The van der Waals surface area contributed by atoms with Crippen molar-refractivity contribution in [3.63, 3.8) is 0 Å². The molecule has 5 N–H and O–H groups in total. The second kappa shape index (κ2) is 38.9. The van der Waals surface area contributed by atoms with Crippen LogP contribution in [0.1, 0.15) is 286 Å². The summed E-state index contributed by atoms with van der Waals surface area (Å²) in [5, 5.41) is 43.9. The Balaban J connectivity index is 0.000000110. The van der Waals surface area contributed by atoms with Crippen molar-refractivity contribution >= 4 is 120 Å². The minimum atomic E-state index is -1.07. The lowest BCUT2D eigenvalue weighted by molar-refractivity contribution is -0.135. The Morgan fingerprint density at radius 1 is 0.400 bits per heavy atom. The third kappa shape index (κ3) is 17.8. The zero-order valence-electron chi connectivity index (χ0n) is 82.2. The van der Waals surface area contributed by atoms with Gasteiger partial charge in [-0.25, -0.2) is 73.7 Å². The number of aromatic nitrogens is 10. The molecular formula is C107H96F8N14O20S. The van der Waals surface area contributed by atoms with Crippen LogP contribution in [-0.4, -0.2) is 179 Å². The molecule has 6 saturated carbocycles. The van der Waals surface area contributed by atoms with E-state index in [2.05, 4.69) is 42.1 Å². The zero-order valence-corrected chi connectivity index (χ0v) is 83.0. The summed E-state index contributed by atoms with van der Waals surface area (Å²) in [4.78, 5) is 172. The summed E-state index contributed by atoms with van der Waals surface area (Å²) in [5.74, 6) is -11.4. The van der Waals surface area contributed by atoms with Crippen LogP contribution in [0.5, 0.6) is 0 Å². The smallest absolute Gasteiger partial charge is 0.381 e. The fourth-order valence-corrected chi connectivity index (χ4v) is 25.6. The molecule has 13 aliphatic rings. The second-order valence-corrected chi connectivity index (χ2v) is 41.9. The number of anilines is 3. The molecule has 25 rings (SSSR count). The van der Waals surface area contributed by atoms with Gasteiger partial charge in [0.15, 0.2) is 52.3 Å². The van der Waals surface area contributed by atoms with Crippen LogP contribution >= 0.6 is 10.5 Å². The number of benzene rings is 4. The van der Waals surface area contributed by atoms with Crippen molar-refractivity contribution in [2.45, 2.75) is 174 Å². The van der Waals surface area contributed by atoms with Gasteiger partial charge in [-0.2, -0.15) is 15.7 Å². The van der Waals surface area contributed by atoms with Gasteiger partial charge in [0.05, 0.1) is 62.0 Å². The Morgan fingerprint density at radius 2 is 0.740 bits per heavy atom. The number of fused-ring (bicyclic) bond motifs is 19. The number of pyridine rings is 1. The Labute approximate surface area is 850 Å². The molecule has 4 aromatic carbocycles. The Morgan fingerprint density at radius 3 is 1.11 bits per heavy atom. The lowest BCUT2D eigenvalue weighted by Crippen LogP contribution is -2.23. The van der Waals surface area contributed by atoms with Gasteiger partial charge in [-0.3, -0.25) is 28.8 Å². The maximum Gasteiger partial charge on any atom is 0.381 e. The van der Waals surface area contributed by atoms with Crippen LogP contribution in [0.3, 0.4) is 0 Å². The van der Waals surface area contributed by atoms with Crippen molar-refractivity contribution < 1.29 is 131 Å². The molecule has 776 valence electrons. The molecule has 0 spiro atoms. The summed E-state index contributed by atoms with van der Waals surface area (Å²) >= 11 is 0. The zero-order chi connectivity index (χ0) is 107. The van der Waals surface area contributed by atoms with Crippen LogP contribution in [0.4, 0.5) is 52.2 Å². The van der Waals surface area contributed by atoms with E-state index in [9.17, 15) is 113 Å². The number of nitriles is 1. The molecule has 12 aromatic rings. The predicted octanol–water partition coefficient (Wildman–Crippen LogP) is 16.2. The number of ether oxygens (including phenoxy) is 4. The monoisotopic (exact) mass is 2080 g/mol. The number of ketones is 3. The van der Waals surface area contributed by atoms with E-state index in [0.717, 1.165) is 165 Å². The van der Waals surface area contributed by atoms with E-state index < -0.39 is 112 Å². The fraction of sp³-hybridized carbons (Fsp3) is 0.364. The molecule has 3 amide bonds. The third-order valence-corrected chi connectivity index (χ3v) is 33.1. The van der Waals surface area contributed by atoms with E-state index in [1.165, 1.54) is 45.6 Å². The predicted molar refractivity (Wildman–Crippen MR) is 519 cm³/mol. The van der Waals surface area contributed by atoms with Crippen LogP contribution < -0.4 is 20.8 Å². The maximum atomic E-state index is 13.6. The highest BCUT2D eigenvalue weighted by molar-refractivity contribution is 8.17. The van der Waals surface area contributed by atoms with E-state index in [0.29, 0.717) is 178 Å². The van der Waals surface area contributed by atoms with E-state index in [4.69, 9.17) is 19.0 Å². The fourth-order valence-electron chi connectivity index (χ4n) is 23.4. The van der Waals surface area contributed by atoms with Crippen LogP contribution in [-0.2, 0) is 68.7 Å². The lowest BCUT2D eigenvalue weighted by atomic mass is 9.97. The van der Waals surface area contributed by atoms with Crippen molar-refractivity contribution in [3.05, 3.63) is 278 Å². The molecule has 15 heterocycles. The van der Waals surface area contributed by atoms with Gasteiger partial charge in [0.1, 0.15) is 44.9 Å². The molecule has 7 aliphatic heterocycles. The number of nitrogens with zero attached hydrogens (tertiary/aromatic N) is 11. The summed E-state index contributed by atoms with van der Waals surface area (Å²) in [6, 6.07) is 19.7. The average Bonchev–Trinajstić information content (AvgIpc) is 1.85. The highest BCUT2D eigenvalue weighted by atomic mass is 32.2. The van der Waals surface area contributed by atoms with Gasteiger partial charge >= 0.3 is 41.8 Å². The topological polar surface area (TPSA) is 442 Å². The van der Waals surface area contributed by atoms with Gasteiger partial charge in [0, 0.05) is 124 Å². The van der Waals surface area contributed by atoms with Crippen molar-refractivity contribution in [3.8, 4) is 6.07 Å². The first-order valence-corrected chi connectivity index (χ1v) is 50.2. The summed E-state index contributed by atoms with van der Waals surface area (Å²) in [7, 11) is 4.79. The maximum absolute atomic E-state index is 13.6. The SMILES string of the molecule is COC(=O)C(=O)c1c(C)c(C(=O)Nc2ccc(F)c(F)c2)c2n1[C@@H]1C[C@@H]1C2.COC(=O)c1c(C)c(C(=O)Cc2ccc(F)c(F)c2)c2n1[C@@H]1C[C@@H]1C2.COC(=O)c1c(C)c(C(=O)O)c2n1[C@@H]1C[C@@H]1C2.COC(=O)c1c(C)c(C(=O)On2nnc3cccnc32)c2n1[C@@H]1C[C@@H]1C2.Cc1c(C(=O)Nc2ccc(F)c(F)c2)c2n(c1C(=O)C(C#N)=S1CCCC1)[C@@H]1C[C@@H]1C2.Cc1c(C(=O)Nc2ccc(F)c(F)c2)c2n(c1C(=O)O)[C@@H]1C[C@@H]1C2. The average molecular weight is 2080 g/mol. The standard InChI is InChI=1S/C23H21F2N3O2S.C19H16F2N2O4.C19H17F2NO3.C17H14F2N2O3.C17H15N5O4.C12H13NO4/c1-12-20(23(30)27-14-4-5-15(24)16(25)10-14)18-9-13-8-17(13)28(18)21(12)22(29)19(11-26)31-6-2-3-7-31;1-8-15(18(25)22-10-3-4-11(20)12(21)7-10)14-6-9-5-13(9)23(14)16(8)17(24)19(26)27-2;1-9-17(16(23)6-10-3-4-12(20)13(21)5-10)15-8-11-7-14(11)22(15)18(9)19(24)25-2;1-7-14(16(22)20-9-2-3-10(18)11(19)6-9)13-5-8-4-12(8)21(13)15(7)17(23)24;1-8-13(12-7-9-6-11(9)21(12)14(8)17(24)25-2)16(23)26-22-15-10(19-20-22)4-3-5-18-15;1-5-9(11(14)15)8-4-6-3-7(6)13(8)10(5)12(16)17-2/h4-5,10,13,17H,2-3,6-9H2,1H3,(H,27,30);3-4,7,9,13H,5-6H2,1-2H3,(H,22,25);3-5,11,14H,6-8H2,1-2H3;2-3,6,8,12H,4-5H2,1H3,(H,20,22)(H,23,24);3-5,9,11H,6-7H2,1-2H3;6-7H,3-4H2,1-2H3,(H,14,15)/t13-,17-;9-,13-;11-,14-;8-,12-;9-,11-;6-,7-/m111111/s1. The summed E-state index contributed by atoms with van der Waals surface area (Å²) in [6.07, 6.45) is 13.8. The number of carbonyl (C=O) groups is 13. The number of carboxylic acids is 2. The number of aromatic carboxylic acids is 2. The van der Waals surface area contributed by atoms with Crippen molar-refractivity contribution in [2.24, 2.45) is 35.5 Å². The molecule has 12 atom stereocenters. The molecule has 7 fully saturated rings. The van der Waals surface area contributed by atoms with Gasteiger partial charge in [-0.15, -0.1) is 5.10 Å². The highest BCUT2D eigenvalue weighted by Crippen LogP contribution is 2.60. The molecule has 1 saturated heterocycles. The summed E-state index contributed by atoms with van der Waals surface area (Å²) in [6.45, 7) is 10.1. The van der Waals surface area contributed by atoms with Gasteiger partial charge in [0.25, 0.3) is 23.5 Å². The largest absolute Gasteiger partial charge is 0.478 e. The normalized spacial score (nSPS) is 20.7. The Hall–Kier alpha value is -16.0. The number of nitrogens with one attached hydrogen (secondary N) is 3.